The van der Waals surface area contributed by atoms with Gasteiger partial charge in [-0.15, -0.1) is 0 Å². The number of amides is 2. The maximum atomic E-state index is 12.3. The van der Waals surface area contributed by atoms with Crippen LogP contribution in [-0.2, 0) is 9.59 Å². The monoisotopic (exact) mass is 290 g/mol. The van der Waals surface area contributed by atoms with Crippen LogP contribution in [0.5, 0.6) is 0 Å². The summed E-state index contributed by atoms with van der Waals surface area (Å²) in [7, 11) is 0. The van der Waals surface area contributed by atoms with Crippen molar-refractivity contribution in [3.8, 4) is 0 Å². The zero-order chi connectivity index (χ0) is 15.4. The van der Waals surface area contributed by atoms with E-state index in [1.807, 2.05) is 32.0 Å². The molecule has 114 valence electrons. The largest absolute Gasteiger partial charge is 0.391 e. The van der Waals surface area contributed by atoms with Gasteiger partial charge in [0, 0.05) is 18.7 Å². The predicted molar refractivity (Wildman–Crippen MR) is 80.9 cm³/mol. The van der Waals surface area contributed by atoms with Crippen molar-refractivity contribution in [2.75, 3.05) is 11.9 Å². The second kappa shape index (κ2) is 6.72. The van der Waals surface area contributed by atoms with Crippen LogP contribution in [0.2, 0.25) is 0 Å². The molecule has 3 N–H and O–H groups in total. The highest BCUT2D eigenvalue weighted by Gasteiger charge is 2.30. The Morgan fingerprint density at radius 3 is 2.90 bits per heavy atom. The van der Waals surface area contributed by atoms with E-state index in [1.54, 1.807) is 6.07 Å². The molecule has 0 radical (unpaired) electrons. The van der Waals surface area contributed by atoms with Crippen molar-refractivity contribution in [2.24, 2.45) is 5.92 Å². The first-order valence-corrected chi connectivity index (χ1v) is 7.37. The molecule has 21 heavy (non-hydrogen) atoms. The molecule has 0 saturated heterocycles. The minimum atomic E-state index is -0.563. The van der Waals surface area contributed by atoms with E-state index in [2.05, 4.69) is 10.6 Å². The zero-order valence-electron chi connectivity index (χ0n) is 12.4. The van der Waals surface area contributed by atoms with Crippen molar-refractivity contribution >= 4 is 17.5 Å². The molecule has 5 nitrogen and oxygen atoms in total. The van der Waals surface area contributed by atoms with Crippen LogP contribution < -0.4 is 10.6 Å². The molecule has 1 aliphatic heterocycles. The summed E-state index contributed by atoms with van der Waals surface area (Å²) in [5, 5.41) is 15.4. The molecule has 1 aliphatic rings. The Bertz CT molecular complexity index is 530. The van der Waals surface area contributed by atoms with Gasteiger partial charge < -0.3 is 15.7 Å². The molecule has 0 spiro atoms. The number of carbonyl (C=O) groups excluding carboxylic acids is 2. The fourth-order valence-electron chi connectivity index (χ4n) is 2.45. The van der Waals surface area contributed by atoms with Gasteiger partial charge in [0.15, 0.2) is 0 Å². The molecule has 0 aliphatic carbocycles. The van der Waals surface area contributed by atoms with Gasteiger partial charge in [0.05, 0.1) is 12.0 Å². The number of fused-ring (bicyclic) bond motifs is 1. The summed E-state index contributed by atoms with van der Waals surface area (Å²) >= 11 is 0. The molecule has 5 heteroatoms. The Morgan fingerprint density at radius 2 is 2.19 bits per heavy atom. The molecule has 1 aromatic rings. The maximum absolute atomic E-state index is 12.3. The van der Waals surface area contributed by atoms with Gasteiger partial charge in [-0.25, -0.2) is 0 Å². The minimum absolute atomic E-state index is 0.132. The third-order valence-corrected chi connectivity index (χ3v) is 4.10. The first-order valence-electron chi connectivity index (χ1n) is 7.37. The van der Waals surface area contributed by atoms with Crippen molar-refractivity contribution in [1.82, 2.24) is 5.32 Å². The lowest BCUT2D eigenvalue weighted by atomic mass is 9.89. The number of para-hydroxylation sites is 1. The molecule has 2 rings (SSSR count). The van der Waals surface area contributed by atoms with Crippen LogP contribution in [0.15, 0.2) is 24.3 Å². The van der Waals surface area contributed by atoms with E-state index in [0.29, 0.717) is 5.69 Å². The number of aliphatic hydroxyl groups excluding tert-OH is 1. The molecule has 0 fully saturated rings. The topological polar surface area (TPSA) is 78.4 Å². The number of hydrogen-bond donors (Lipinski definition) is 3. The van der Waals surface area contributed by atoms with Crippen molar-refractivity contribution in [1.29, 1.82) is 0 Å². The van der Waals surface area contributed by atoms with Crippen LogP contribution in [-0.4, -0.2) is 29.6 Å². The van der Waals surface area contributed by atoms with Crippen LogP contribution in [0.25, 0.3) is 0 Å². The summed E-state index contributed by atoms with van der Waals surface area (Å²) in [6.45, 7) is 4.16. The van der Waals surface area contributed by atoms with Crippen molar-refractivity contribution < 1.29 is 14.7 Å². The molecular weight excluding hydrogens is 268 g/mol. The van der Waals surface area contributed by atoms with Gasteiger partial charge in [-0.2, -0.15) is 0 Å². The average Bonchev–Trinajstić information content (AvgIpc) is 2.50. The number of aliphatic hydroxyl groups is 1. The van der Waals surface area contributed by atoms with E-state index < -0.39 is 12.0 Å². The normalized spacial score (nSPS) is 20.1. The van der Waals surface area contributed by atoms with E-state index >= 15 is 0 Å². The average molecular weight is 290 g/mol. The Kier molecular flexibility index (Phi) is 4.96. The first-order chi connectivity index (χ1) is 10.0. The molecule has 0 bridgehead atoms. The van der Waals surface area contributed by atoms with Gasteiger partial charge in [0.2, 0.25) is 11.8 Å². The highest BCUT2D eigenvalue weighted by molar-refractivity contribution is 6.01. The van der Waals surface area contributed by atoms with E-state index in [9.17, 15) is 14.7 Å². The summed E-state index contributed by atoms with van der Waals surface area (Å²) in [5.41, 5.74) is 1.52. The minimum Gasteiger partial charge on any atom is -0.391 e. The SMILES string of the molecule is CCC(C)C(O)CNC(=O)C1CC(=O)Nc2ccccc21. The van der Waals surface area contributed by atoms with Gasteiger partial charge in [0.25, 0.3) is 0 Å². The van der Waals surface area contributed by atoms with Crippen LogP contribution in [0, 0.1) is 5.92 Å². The smallest absolute Gasteiger partial charge is 0.228 e. The first kappa shape index (κ1) is 15.5. The highest BCUT2D eigenvalue weighted by atomic mass is 16.3. The van der Waals surface area contributed by atoms with Gasteiger partial charge in [-0.1, -0.05) is 38.5 Å². The Balaban J connectivity index is 2.04. The lowest BCUT2D eigenvalue weighted by Crippen LogP contribution is -2.40. The summed E-state index contributed by atoms with van der Waals surface area (Å²) in [5.74, 6) is -0.720. The summed E-state index contributed by atoms with van der Waals surface area (Å²) in [4.78, 5) is 24.0. The number of benzene rings is 1. The molecule has 3 unspecified atom stereocenters. The molecule has 1 heterocycles. The maximum Gasteiger partial charge on any atom is 0.228 e. The number of nitrogens with one attached hydrogen (secondary N) is 2. The third kappa shape index (κ3) is 3.61. The van der Waals surface area contributed by atoms with E-state index in [4.69, 9.17) is 0 Å². The van der Waals surface area contributed by atoms with Crippen LogP contribution in [0.3, 0.4) is 0 Å². The predicted octanol–water partition coefficient (Wildman–Crippen LogP) is 1.64. The molecule has 3 atom stereocenters. The van der Waals surface area contributed by atoms with E-state index in [1.165, 1.54) is 0 Å². The summed E-state index contributed by atoms with van der Waals surface area (Å²) in [6.07, 6.45) is 0.431. The van der Waals surface area contributed by atoms with Gasteiger partial charge in [0.1, 0.15) is 0 Å². The zero-order valence-corrected chi connectivity index (χ0v) is 12.4. The second-order valence-electron chi connectivity index (χ2n) is 5.59. The fraction of sp³-hybridized carbons (Fsp3) is 0.500. The lowest BCUT2D eigenvalue weighted by Gasteiger charge is -2.25. The lowest BCUT2D eigenvalue weighted by molar-refractivity contribution is -0.126. The quantitative estimate of drug-likeness (QED) is 0.771. The van der Waals surface area contributed by atoms with Crippen LogP contribution in [0.4, 0.5) is 5.69 Å². The summed E-state index contributed by atoms with van der Waals surface area (Å²) in [6, 6.07) is 7.32. The standard InChI is InChI=1S/C16H22N2O3/c1-3-10(2)14(19)9-17-16(21)12-8-15(20)18-13-7-5-4-6-11(12)13/h4-7,10,12,14,19H,3,8-9H2,1-2H3,(H,17,21)(H,18,20). The number of hydrogen-bond acceptors (Lipinski definition) is 3. The third-order valence-electron chi connectivity index (χ3n) is 4.10. The summed E-state index contributed by atoms with van der Waals surface area (Å²) < 4.78 is 0. The van der Waals surface area contributed by atoms with Gasteiger partial charge >= 0.3 is 0 Å². The fourth-order valence-corrected chi connectivity index (χ4v) is 2.45. The molecule has 2 amide bonds. The number of carbonyl (C=O) groups is 2. The van der Waals surface area contributed by atoms with Crippen molar-refractivity contribution in [3.05, 3.63) is 29.8 Å². The van der Waals surface area contributed by atoms with E-state index in [-0.39, 0.29) is 30.7 Å². The molecule has 0 aromatic heterocycles. The molecule has 0 saturated carbocycles. The van der Waals surface area contributed by atoms with E-state index in [0.717, 1.165) is 12.0 Å². The number of rotatable bonds is 5. The van der Waals surface area contributed by atoms with Crippen molar-refractivity contribution in [2.45, 2.75) is 38.7 Å². The number of anilines is 1. The Labute approximate surface area is 124 Å². The Hall–Kier alpha value is -1.88. The van der Waals surface area contributed by atoms with Gasteiger partial charge in [-0.05, 0) is 17.5 Å². The molecular formula is C16H22N2O3. The van der Waals surface area contributed by atoms with Gasteiger partial charge in [-0.3, -0.25) is 9.59 Å². The Morgan fingerprint density at radius 1 is 1.48 bits per heavy atom. The molecule has 1 aromatic carbocycles. The second-order valence-corrected chi connectivity index (χ2v) is 5.59. The van der Waals surface area contributed by atoms with Crippen LogP contribution >= 0.6 is 0 Å². The highest BCUT2D eigenvalue weighted by Crippen LogP contribution is 2.31. The van der Waals surface area contributed by atoms with Crippen molar-refractivity contribution in [3.63, 3.8) is 0 Å². The van der Waals surface area contributed by atoms with Crippen LogP contribution in [0.1, 0.15) is 38.2 Å².